The van der Waals surface area contributed by atoms with Gasteiger partial charge in [0.2, 0.25) is 0 Å². The first-order valence-corrected chi connectivity index (χ1v) is 12.2. The Morgan fingerprint density at radius 2 is 1.83 bits per heavy atom. The van der Waals surface area contributed by atoms with Gasteiger partial charge in [0, 0.05) is 12.1 Å². The van der Waals surface area contributed by atoms with Crippen LogP contribution in [0.15, 0.2) is 68.6 Å². The molecule has 0 spiro atoms. The van der Waals surface area contributed by atoms with Crippen molar-refractivity contribution >= 4 is 10.9 Å². The lowest BCUT2D eigenvalue weighted by Crippen LogP contribution is -2.32. The number of H-pyrrole nitrogens is 1. The predicted octanol–water partition coefficient (Wildman–Crippen LogP) is 4.91. The normalized spacial score (nSPS) is 12.6. The second-order valence-electron chi connectivity index (χ2n) is 9.23. The average Bonchev–Trinajstić information content (AvgIpc) is 3.62. The monoisotopic (exact) mass is 486 g/mol. The molecular weight excluding hydrogens is 456 g/mol. The summed E-state index contributed by atoms with van der Waals surface area (Å²) in [6.45, 7) is 7.57. The summed E-state index contributed by atoms with van der Waals surface area (Å²) in [6.07, 6.45) is 5.03. The highest BCUT2D eigenvalue weighted by Gasteiger charge is 2.28. The number of hydrogen-bond acceptors (Lipinski definition) is 7. The minimum absolute atomic E-state index is 0.0932. The van der Waals surface area contributed by atoms with Crippen molar-refractivity contribution in [2.24, 2.45) is 0 Å². The number of aromatic amines is 1. The van der Waals surface area contributed by atoms with Crippen LogP contribution in [0.2, 0.25) is 0 Å². The number of rotatable bonds is 10. The van der Waals surface area contributed by atoms with Gasteiger partial charge in [-0.25, -0.2) is 4.68 Å². The van der Waals surface area contributed by atoms with Crippen LogP contribution in [-0.4, -0.2) is 30.1 Å². The van der Waals surface area contributed by atoms with Gasteiger partial charge in [0.15, 0.2) is 5.82 Å². The minimum atomic E-state index is -0.139. The Morgan fingerprint density at radius 1 is 1.06 bits per heavy atom. The zero-order valence-corrected chi connectivity index (χ0v) is 20.8. The number of tetrazole rings is 1. The number of pyridine rings is 1. The van der Waals surface area contributed by atoms with Crippen LogP contribution >= 0.6 is 0 Å². The lowest BCUT2D eigenvalue weighted by Gasteiger charge is -2.30. The molecule has 0 amide bonds. The third kappa shape index (κ3) is 5.01. The lowest BCUT2D eigenvalue weighted by molar-refractivity contribution is 0.144. The van der Waals surface area contributed by atoms with E-state index in [4.69, 9.17) is 8.83 Å². The fourth-order valence-corrected chi connectivity index (χ4v) is 4.81. The Labute approximate surface area is 208 Å². The van der Waals surface area contributed by atoms with E-state index in [0.717, 1.165) is 52.2 Å². The zero-order chi connectivity index (χ0) is 25.1. The highest BCUT2D eigenvalue weighted by molar-refractivity contribution is 5.82. The molecule has 0 aliphatic heterocycles. The van der Waals surface area contributed by atoms with Crippen molar-refractivity contribution in [2.45, 2.75) is 59.3 Å². The van der Waals surface area contributed by atoms with Gasteiger partial charge in [-0.1, -0.05) is 25.0 Å². The van der Waals surface area contributed by atoms with Crippen LogP contribution < -0.4 is 5.56 Å². The Kier molecular flexibility index (Phi) is 6.81. The van der Waals surface area contributed by atoms with E-state index in [9.17, 15) is 4.79 Å². The molecule has 4 heterocycles. The first-order valence-electron chi connectivity index (χ1n) is 12.2. The Hall–Kier alpha value is -3.98. The summed E-state index contributed by atoms with van der Waals surface area (Å²) in [4.78, 5) is 18.5. The average molecular weight is 487 g/mol. The van der Waals surface area contributed by atoms with Crippen molar-refractivity contribution in [3.8, 4) is 0 Å². The molecule has 1 unspecified atom stereocenters. The van der Waals surface area contributed by atoms with Gasteiger partial charge < -0.3 is 13.8 Å². The number of aryl methyl sites for hydroxylation is 2. The van der Waals surface area contributed by atoms with Crippen LogP contribution in [0.25, 0.3) is 10.9 Å². The van der Waals surface area contributed by atoms with Crippen LogP contribution in [0.4, 0.5) is 0 Å². The molecule has 1 N–H and O–H groups in total. The number of fused-ring (bicyclic) bond motifs is 1. The first-order chi connectivity index (χ1) is 17.5. The Balaban J connectivity index is 1.54. The third-order valence-electron chi connectivity index (χ3n) is 6.43. The van der Waals surface area contributed by atoms with Gasteiger partial charge in [-0.3, -0.25) is 9.69 Å². The third-order valence-corrected chi connectivity index (χ3v) is 6.43. The molecule has 36 heavy (non-hydrogen) atoms. The van der Waals surface area contributed by atoms with E-state index in [1.165, 1.54) is 0 Å². The minimum Gasteiger partial charge on any atom is -0.468 e. The van der Waals surface area contributed by atoms with Gasteiger partial charge in [-0.2, -0.15) is 0 Å². The Morgan fingerprint density at radius 3 is 2.56 bits per heavy atom. The standard InChI is InChI=1S/C27H30N6O3/c1-4-7-24(26-29-30-31-33(26)17-23-9-6-11-36-23)32(16-22-8-5-10-35-22)15-21-14-20-13-18(2)12-19(3)25(20)28-27(21)34/h5-6,8-14,24H,4,7,15-17H2,1-3H3,(H,28,34). The molecule has 0 aliphatic carbocycles. The molecular formula is C27H30N6O3. The summed E-state index contributed by atoms with van der Waals surface area (Å²) in [5.41, 5.74) is 3.68. The molecule has 0 bridgehead atoms. The van der Waals surface area contributed by atoms with Crippen molar-refractivity contribution in [3.63, 3.8) is 0 Å². The van der Waals surface area contributed by atoms with Crippen LogP contribution in [0.5, 0.6) is 0 Å². The van der Waals surface area contributed by atoms with Crippen LogP contribution in [0.1, 0.15) is 59.8 Å². The molecule has 0 radical (unpaired) electrons. The molecule has 9 heteroatoms. The van der Waals surface area contributed by atoms with Crippen LogP contribution in [0.3, 0.4) is 0 Å². The van der Waals surface area contributed by atoms with Gasteiger partial charge in [-0.15, -0.1) is 5.10 Å². The van der Waals surface area contributed by atoms with E-state index >= 15 is 0 Å². The number of nitrogens with zero attached hydrogens (tertiary/aromatic N) is 5. The zero-order valence-electron chi connectivity index (χ0n) is 20.8. The largest absolute Gasteiger partial charge is 0.468 e. The molecule has 1 aromatic carbocycles. The maximum Gasteiger partial charge on any atom is 0.252 e. The van der Waals surface area contributed by atoms with Gasteiger partial charge in [0.05, 0.1) is 30.6 Å². The fourth-order valence-electron chi connectivity index (χ4n) is 4.81. The van der Waals surface area contributed by atoms with E-state index in [-0.39, 0.29) is 11.6 Å². The van der Waals surface area contributed by atoms with Crippen molar-refractivity contribution < 1.29 is 8.83 Å². The SMILES string of the molecule is CCCC(c1nnnn1Cc1ccco1)N(Cc1ccco1)Cc1cc2cc(C)cc(C)c2[nH]c1=O. The van der Waals surface area contributed by atoms with E-state index < -0.39 is 0 Å². The maximum absolute atomic E-state index is 13.2. The molecule has 9 nitrogen and oxygen atoms in total. The second-order valence-corrected chi connectivity index (χ2v) is 9.23. The summed E-state index contributed by atoms with van der Waals surface area (Å²) < 4.78 is 13.0. The predicted molar refractivity (Wildman–Crippen MR) is 135 cm³/mol. The van der Waals surface area contributed by atoms with Crippen LogP contribution in [0, 0.1) is 13.8 Å². The van der Waals surface area contributed by atoms with Gasteiger partial charge in [0.1, 0.15) is 18.1 Å². The summed E-state index contributed by atoms with van der Waals surface area (Å²) in [6, 6.07) is 13.6. The number of benzene rings is 1. The van der Waals surface area contributed by atoms with E-state index in [1.807, 2.05) is 37.3 Å². The van der Waals surface area contributed by atoms with Gasteiger partial charge in [-0.05, 0) is 78.0 Å². The smallest absolute Gasteiger partial charge is 0.252 e. The highest BCUT2D eigenvalue weighted by Crippen LogP contribution is 2.28. The molecule has 5 aromatic rings. The molecule has 4 aromatic heterocycles. The molecule has 0 aliphatic rings. The maximum atomic E-state index is 13.2. The fraction of sp³-hybridized carbons (Fsp3) is 0.333. The number of aromatic nitrogens is 5. The molecule has 1 atom stereocenters. The van der Waals surface area contributed by atoms with Crippen molar-refractivity contribution in [1.29, 1.82) is 0 Å². The lowest BCUT2D eigenvalue weighted by atomic mass is 10.0. The highest BCUT2D eigenvalue weighted by atomic mass is 16.3. The quantitative estimate of drug-likeness (QED) is 0.299. The molecule has 5 rings (SSSR count). The summed E-state index contributed by atoms with van der Waals surface area (Å²) in [7, 11) is 0. The van der Waals surface area contributed by atoms with Crippen LogP contribution in [-0.2, 0) is 19.6 Å². The second kappa shape index (κ2) is 10.3. The molecule has 186 valence electrons. The summed E-state index contributed by atoms with van der Waals surface area (Å²) in [5.74, 6) is 2.31. The number of hydrogen-bond donors (Lipinski definition) is 1. The Bertz CT molecular complexity index is 1480. The van der Waals surface area contributed by atoms with E-state index in [1.54, 1.807) is 17.2 Å². The van der Waals surface area contributed by atoms with Crippen molar-refractivity contribution in [1.82, 2.24) is 30.1 Å². The van der Waals surface area contributed by atoms with E-state index in [2.05, 4.69) is 51.4 Å². The molecule has 0 saturated heterocycles. The molecule has 0 fully saturated rings. The number of nitrogens with one attached hydrogen (secondary N) is 1. The van der Waals surface area contributed by atoms with Gasteiger partial charge in [0.25, 0.3) is 5.56 Å². The topological polar surface area (TPSA) is 106 Å². The summed E-state index contributed by atoms with van der Waals surface area (Å²) >= 11 is 0. The van der Waals surface area contributed by atoms with Crippen molar-refractivity contribution in [2.75, 3.05) is 0 Å². The number of furan rings is 2. The van der Waals surface area contributed by atoms with Crippen molar-refractivity contribution in [3.05, 3.63) is 99.4 Å². The first kappa shape index (κ1) is 23.7. The molecule has 0 saturated carbocycles. The van der Waals surface area contributed by atoms with E-state index in [0.29, 0.717) is 25.2 Å². The summed E-state index contributed by atoms with van der Waals surface area (Å²) in [5, 5.41) is 13.6. The van der Waals surface area contributed by atoms with Gasteiger partial charge >= 0.3 is 0 Å².